The summed E-state index contributed by atoms with van der Waals surface area (Å²) in [5.74, 6) is -1.15. The fourth-order valence-electron chi connectivity index (χ4n) is 3.38. The van der Waals surface area contributed by atoms with Crippen LogP contribution in [0.3, 0.4) is 0 Å². The van der Waals surface area contributed by atoms with Gasteiger partial charge in [-0.05, 0) is 36.5 Å². The summed E-state index contributed by atoms with van der Waals surface area (Å²) < 4.78 is 25.6. The number of carboxylic acids is 1. The van der Waals surface area contributed by atoms with E-state index in [1.807, 2.05) is 0 Å². The molecule has 1 aliphatic heterocycles. The lowest BCUT2D eigenvalue weighted by molar-refractivity contribution is -0.134. The predicted octanol–water partition coefficient (Wildman–Crippen LogP) is 5.91. The van der Waals surface area contributed by atoms with Crippen LogP contribution in [0.25, 0.3) is 0 Å². The standard InChI is InChI=1S/C12H16.C9H7F2NO.C2H4O2/c1-3-7-11(8-4-1)12-9-5-2-6-10-12;10-6-1-2-7(8(11)5-6)9-3-4-13-12-9;1-2(3)4/h1,3-4,7-8,12H,2,5-6,9-10H2;1-2,5H,3-4H2;1H3,(H,3,4). The molecule has 4 rings (SSSR count). The lowest BCUT2D eigenvalue weighted by atomic mass is 9.84. The topological polar surface area (TPSA) is 58.9 Å². The Morgan fingerprint density at radius 1 is 1.07 bits per heavy atom. The van der Waals surface area contributed by atoms with Crippen molar-refractivity contribution in [3.05, 3.63) is 71.3 Å². The van der Waals surface area contributed by atoms with Gasteiger partial charge in [-0.15, -0.1) is 0 Å². The van der Waals surface area contributed by atoms with Crippen LogP contribution in [-0.2, 0) is 9.63 Å². The van der Waals surface area contributed by atoms with Gasteiger partial charge in [-0.3, -0.25) is 4.79 Å². The van der Waals surface area contributed by atoms with Crippen molar-refractivity contribution in [2.75, 3.05) is 6.61 Å². The van der Waals surface area contributed by atoms with E-state index in [0.717, 1.165) is 18.9 Å². The molecule has 1 N–H and O–H groups in total. The lowest BCUT2D eigenvalue weighted by Crippen LogP contribution is -2.03. The molecule has 2 aromatic rings. The largest absolute Gasteiger partial charge is 0.481 e. The maximum atomic E-state index is 13.1. The second kappa shape index (κ2) is 11.9. The first kappa shape index (κ1) is 22.5. The fraction of sp³-hybridized carbons (Fsp3) is 0.391. The molecule has 1 heterocycles. The van der Waals surface area contributed by atoms with E-state index >= 15 is 0 Å². The number of hydrogen-bond donors (Lipinski definition) is 1. The van der Waals surface area contributed by atoms with Crippen LogP contribution >= 0.6 is 0 Å². The fourth-order valence-corrected chi connectivity index (χ4v) is 3.38. The van der Waals surface area contributed by atoms with Crippen LogP contribution in [0.1, 0.15) is 62.5 Å². The van der Waals surface area contributed by atoms with E-state index in [4.69, 9.17) is 14.7 Å². The van der Waals surface area contributed by atoms with Crippen molar-refractivity contribution in [2.24, 2.45) is 5.16 Å². The molecule has 6 heteroatoms. The van der Waals surface area contributed by atoms with Gasteiger partial charge in [-0.25, -0.2) is 8.78 Å². The zero-order valence-electron chi connectivity index (χ0n) is 16.6. The summed E-state index contributed by atoms with van der Waals surface area (Å²) in [7, 11) is 0. The minimum Gasteiger partial charge on any atom is -0.481 e. The molecule has 0 spiro atoms. The van der Waals surface area contributed by atoms with Crippen LogP contribution in [0.4, 0.5) is 8.78 Å². The molecule has 29 heavy (non-hydrogen) atoms. The summed E-state index contributed by atoms with van der Waals surface area (Å²) in [5.41, 5.74) is 2.41. The number of aliphatic carboxylic acids is 1. The number of rotatable bonds is 2. The summed E-state index contributed by atoms with van der Waals surface area (Å²) in [5, 5.41) is 11.1. The lowest BCUT2D eigenvalue weighted by Gasteiger charge is -2.21. The van der Waals surface area contributed by atoms with E-state index in [-0.39, 0.29) is 0 Å². The Morgan fingerprint density at radius 2 is 1.72 bits per heavy atom. The van der Waals surface area contributed by atoms with Gasteiger partial charge in [0.15, 0.2) is 0 Å². The van der Waals surface area contributed by atoms with Gasteiger partial charge in [-0.1, -0.05) is 54.8 Å². The second-order valence-electron chi connectivity index (χ2n) is 7.01. The Kier molecular flexibility index (Phi) is 9.28. The third kappa shape index (κ3) is 8.02. The van der Waals surface area contributed by atoms with E-state index < -0.39 is 17.6 Å². The Labute approximate surface area is 170 Å². The number of nitrogens with zero attached hydrogens (tertiary/aromatic N) is 1. The second-order valence-corrected chi connectivity index (χ2v) is 7.01. The maximum absolute atomic E-state index is 13.1. The molecule has 2 aliphatic rings. The molecule has 4 nitrogen and oxygen atoms in total. The first-order valence-electron chi connectivity index (χ1n) is 9.86. The molecule has 2 aromatic carbocycles. The Balaban J connectivity index is 0.000000176. The smallest absolute Gasteiger partial charge is 0.300 e. The van der Waals surface area contributed by atoms with Crippen LogP contribution in [0.2, 0.25) is 0 Å². The average molecular weight is 403 g/mol. The first-order valence-corrected chi connectivity index (χ1v) is 9.86. The van der Waals surface area contributed by atoms with E-state index in [0.29, 0.717) is 24.3 Å². The average Bonchev–Trinajstić information content (AvgIpc) is 3.24. The minimum absolute atomic E-state index is 0.318. The number of carboxylic acid groups (broad SMARTS) is 1. The maximum Gasteiger partial charge on any atom is 0.300 e. The van der Waals surface area contributed by atoms with Gasteiger partial charge in [0.1, 0.15) is 18.2 Å². The third-order valence-electron chi connectivity index (χ3n) is 4.72. The number of oxime groups is 1. The van der Waals surface area contributed by atoms with Gasteiger partial charge in [0.2, 0.25) is 0 Å². The minimum atomic E-state index is -0.833. The SMILES string of the molecule is CC(=O)O.Fc1ccc(C2=NOCC2)c(F)c1.c1ccc(C2CCCCC2)cc1. The molecule has 0 unspecified atom stereocenters. The summed E-state index contributed by atoms with van der Waals surface area (Å²) >= 11 is 0. The molecule has 156 valence electrons. The predicted molar refractivity (Wildman–Crippen MR) is 109 cm³/mol. The molecular weight excluding hydrogens is 376 g/mol. The third-order valence-corrected chi connectivity index (χ3v) is 4.72. The molecule has 0 radical (unpaired) electrons. The van der Waals surface area contributed by atoms with Gasteiger partial charge in [0.05, 0.1) is 5.71 Å². The normalized spacial score (nSPS) is 15.8. The van der Waals surface area contributed by atoms with Gasteiger partial charge < -0.3 is 9.94 Å². The summed E-state index contributed by atoms with van der Waals surface area (Å²) in [6, 6.07) is 14.4. The van der Waals surface area contributed by atoms with Crippen LogP contribution in [0.15, 0.2) is 53.7 Å². The summed E-state index contributed by atoms with van der Waals surface area (Å²) in [6.45, 7) is 1.55. The van der Waals surface area contributed by atoms with E-state index in [1.165, 1.54) is 44.2 Å². The van der Waals surface area contributed by atoms with Crippen LogP contribution in [0.5, 0.6) is 0 Å². The highest BCUT2D eigenvalue weighted by Gasteiger charge is 2.15. The van der Waals surface area contributed by atoms with Crippen LogP contribution in [-0.4, -0.2) is 23.4 Å². The molecule has 0 bridgehead atoms. The van der Waals surface area contributed by atoms with Crippen molar-refractivity contribution in [2.45, 2.75) is 51.4 Å². The van der Waals surface area contributed by atoms with Crippen molar-refractivity contribution < 1.29 is 23.5 Å². The molecule has 1 fully saturated rings. The monoisotopic (exact) mass is 403 g/mol. The molecule has 0 atom stereocenters. The molecule has 1 aliphatic carbocycles. The molecule has 0 saturated heterocycles. The Bertz CT molecular complexity index is 799. The molecule has 0 aromatic heterocycles. The van der Waals surface area contributed by atoms with Crippen molar-refractivity contribution in [1.82, 2.24) is 0 Å². The van der Waals surface area contributed by atoms with Gasteiger partial charge in [0.25, 0.3) is 5.97 Å². The summed E-state index contributed by atoms with van der Waals surface area (Å²) in [6.07, 6.45) is 7.69. The van der Waals surface area contributed by atoms with Crippen molar-refractivity contribution >= 4 is 11.7 Å². The first-order chi connectivity index (χ1) is 14.0. The highest BCUT2D eigenvalue weighted by molar-refractivity contribution is 6.01. The van der Waals surface area contributed by atoms with Gasteiger partial charge in [0, 0.05) is 25.0 Å². The van der Waals surface area contributed by atoms with Crippen LogP contribution in [0, 0.1) is 11.6 Å². The van der Waals surface area contributed by atoms with Crippen molar-refractivity contribution in [3.63, 3.8) is 0 Å². The van der Waals surface area contributed by atoms with E-state index in [1.54, 1.807) is 5.56 Å². The molecule has 0 amide bonds. The highest BCUT2D eigenvalue weighted by atomic mass is 19.1. The molecule has 1 saturated carbocycles. The van der Waals surface area contributed by atoms with Gasteiger partial charge >= 0.3 is 0 Å². The quantitative estimate of drug-likeness (QED) is 0.678. The molecular formula is C23H27F2NO3. The van der Waals surface area contributed by atoms with Crippen molar-refractivity contribution in [1.29, 1.82) is 0 Å². The number of benzene rings is 2. The highest BCUT2D eigenvalue weighted by Crippen LogP contribution is 2.32. The number of carbonyl (C=O) groups is 1. The Hall–Kier alpha value is -2.76. The van der Waals surface area contributed by atoms with Crippen molar-refractivity contribution in [3.8, 4) is 0 Å². The number of hydrogen-bond acceptors (Lipinski definition) is 3. The van der Waals surface area contributed by atoms with E-state index in [2.05, 4.69) is 35.5 Å². The van der Waals surface area contributed by atoms with E-state index in [9.17, 15) is 8.78 Å². The Morgan fingerprint density at radius 3 is 2.28 bits per heavy atom. The van der Waals surface area contributed by atoms with Gasteiger partial charge in [-0.2, -0.15) is 0 Å². The number of halogens is 2. The summed E-state index contributed by atoms with van der Waals surface area (Å²) in [4.78, 5) is 13.7. The zero-order chi connectivity index (χ0) is 21.1. The zero-order valence-corrected chi connectivity index (χ0v) is 16.6. The van der Waals surface area contributed by atoms with Crippen LogP contribution < -0.4 is 0 Å².